The Labute approximate surface area is 118 Å². The Balaban J connectivity index is 1.88. The average molecular weight is 284 g/mol. The lowest BCUT2D eigenvalue weighted by atomic mass is 10.2. The van der Waals surface area contributed by atoms with Crippen molar-refractivity contribution in [2.45, 2.75) is 68.9 Å². The largest absolute Gasteiger partial charge is 0.344 e. The number of H-pyrrole nitrogens is 1. The van der Waals surface area contributed by atoms with Crippen LogP contribution in [0.25, 0.3) is 0 Å². The lowest BCUT2D eigenvalue weighted by molar-refractivity contribution is 0.512. The van der Waals surface area contributed by atoms with Gasteiger partial charge in [-0.05, 0) is 39.2 Å². The lowest BCUT2D eigenvalue weighted by Gasteiger charge is -2.17. The molecule has 0 saturated heterocycles. The number of hydrogen-bond donors (Lipinski definition) is 2. The molecule has 1 heterocycles. The van der Waals surface area contributed by atoms with E-state index in [4.69, 9.17) is 0 Å². The van der Waals surface area contributed by atoms with Gasteiger partial charge in [0.05, 0.1) is 0 Å². The second-order valence-corrected chi connectivity index (χ2v) is 6.84. The van der Waals surface area contributed by atoms with Crippen LogP contribution >= 0.6 is 11.8 Å². The van der Waals surface area contributed by atoms with E-state index in [2.05, 4.69) is 36.3 Å². The van der Waals surface area contributed by atoms with Crippen molar-refractivity contribution in [3.63, 3.8) is 0 Å². The Morgan fingerprint density at radius 2 is 2.26 bits per heavy atom. The fraction of sp³-hybridized carbons (Fsp3) is 0.846. The molecule has 1 saturated carbocycles. The van der Waals surface area contributed by atoms with Gasteiger partial charge < -0.3 is 5.32 Å². The van der Waals surface area contributed by atoms with Crippen LogP contribution in [-0.2, 0) is 0 Å². The molecule has 108 valence electrons. The van der Waals surface area contributed by atoms with Gasteiger partial charge in [0.1, 0.15) is 0 Å². The highest BCUT2D eigenvalue weighted by atomic mass is 32.2. The second-order valence-electron chi connectivity index (χ2n) is 5.43. The molecule has 0 bridgehead atoms. The van der Waals surface area contributed by atoms with Gasteiger partial charge in [0.15, 0.2) is 5.16 Å². The van der Waals surface area contributed by atoms with Gasteiger partial charge in [-0.3, -0.25) is 4.57 Å². The van der Waals surface area contributed by atoms with Gasteiger partial charge in [0, 0.05) is 17.3 Å². The summed E-state index contributed by atoms with van der Waals surface area (Å²) in [5, 5.41) is 11.5. The minimum absolute atomic E-state index is 0.0608. The molecular formula is C13H24N4OS. The highest BCUT2D eigenvalue weighted by Gasteiger charge is 2.29. The van der Waals surface area contributed by atoms with Crippen LogP contribution in [0.4, 0.5) is 0 Å². The molecule has 2 unspecified atom stereocenters. The van der Waals surface area contributed by atoms with E-state index in [0.29, 0.717) is 17.3 Å². The van der Waals surface area contributed by atoms with Crippen LogP contribution in [0.1, 0.15) is 52.5 Å². The number of nitrogens with one attached hydrogen (secondary N) is 2. The first-order valence-corrected chi connectivity index (χ1v) is 8.06. The fourth-order valence-corrected chi connectivity index (χ4v) is 3.42. The number of aromatic amines is 1. The maximum atomic E-state index is 11.7. The Kier molecular flexibility index (Phi) is 5.10. The van der Waals surface area contributed by atoms with E-state index in [1.807, 2.05) is 4.57 Å². The van der Waals surface area contributed by atoms with Gasteiger partial charge in [-0.2, -0.15) is 0 Å². The van der Waals surface area contributed by atoms with Crippen LogP contribution in [0, 0.1) is 0 Å². The molecule has 19 heavy (non-hydrogen) atoms. The molecule has 0 spiro atoms. The monoisotopic (exact) mass is 284 g/mol. The molecule has 0 radical (unpaired) electrons. The second kappa shape index (κ2) is 6.61. The van der Waals surface area contributed by atoms with Gasteiger partial charge in [0.25, 0.3) is 0 Å². The number of rotatable bonds is 8. The van der Waals surface area contributed by atoms with Crippen LogP contribution < -0.4 is 11.0 Å². The molecular weight excluding hydrogens is 260 g/mol. The Hall–Kier alpha value is -0.750. The van der Waals surface area contributed by atoms with Crippen molar-refractivity contribution >= 4 is 11.8 Å². The summed E-state index contributed by atoms with van der Waals surface area (Å²) in [5.74, 6) is 0. The number of thioether (sulfide) groups is 1. The zero-order valence-electron chi connectivity index (χ0n) is 12.0. The van der Waals surface area contributed by atoms with E-state index in [1.54, 1.807) is 11.8 Å². The van der Waals surface area contributed by atoms with E-state index in [-0.39, 0.29) is 5.69 Å². The van der Waals surface area contributed by atoms with Crippen LogP contribution in [0.5, 0.6) is 0 Å². The molecule has 1 fully saturated rings. The predicted molar refractivity (Wildman–Crippen MR) is 78.8 cm³/mol. The van der Waals surface area contributed by atoms with Gasteiger partial charge in [0.2, 0.25) is 0 Å². The van der Waals surface area contributed by atoms with Gasteiger partial charge >= 0.3 is 5.69 Å². The van der Waals surface area contributed by atoms with Crippen molar-refractivity contribution in [3.8, 4) is 0 Å². The molecule has 1 aromatic heterocycles. The van der Waals surface area contributed by atoms with E-state index in [9.17, 15) is 4.79 Å². The smallest absolute Gasteiger partial charge is 0.314 e. The normalized spacial score (nSPS) is 18.5. The lowest BCUT2D eigenvalue weighted by Crippen LogP contribution is -2.29. The molecule has 1 aliphatic carbocycles. The Morgan fingerprint density at radius 1 is 1.53 bits per heavy atom. The van der Waals surface area contributed by atoms with Crippen molar-refractivity contribution in [2.75, 3.05) is 6.54 Å². The number of hydrogen-bond acceptors (Lipinski definition) is 4. The molecule has 0 amide bonds. The molecule has 1 aromatic rings. The zero-order valence-corrected chi connectivity index (χ0v) is 12.8. The zero-order chi connectivity index (χ0) is 13.8. The molecule has 0 aliphatic heterocycles. The summed E-state index contributed by atoms with van der Waals surface area (Å²) >= 11 is 1.70. The standard InChI is InChI=1S/C13H24N4OS/c1-4-7-14-9(2)8-10(3)19-13-16-15-12(18)17(13)11-5-6-11/h9-11,14H,4-8H2,1-3H3,(H,15,18). The molecule has 5 nitrogen and oxygen atoms in total. The topological polar surface area (TPSA) is 62.7 Å². The third-order valence-electron chi connectivity index (χ3n) is 3.32. The maximum absolute atomic E-state index is 11.7. The quantitative estimate of drug-likeness (QED) is 0.718. The van der Waals surface area contributed by atoms with Crippen LogP contribution in [-0.4, -0.2) is 32.6 Å². The van der Waals surface area contributed by atoms with Crippen LogP contribution in [0.3, 0.4) is 0 Å². The third-order valence-corrected chi connectivity index (χ3v) is 4.41. The van der Waals surface area contributed by atoms with Gasteiger partial charge in [-0.25, -0.2) is 9.89 Å². The van der Waals surface area contributed by atoms with Crippen molar-refractivity contribution in [1.29, 1.82) is 0 Å². The highest BCUT2D eigenvalue weighted by molar-refractivity contribution is 7.99. The van der Waals surface area contributed by atoms with Crippen molar-refractivity contribution < 1.29 is 0 Å². The van der Waals surface area contributed by atoms with E-state index < -0.39 is 0 Å². The first kappa shape index (κ1) is 14.7. The maximum Gasteiger partial charge on any atom is 0.344 e. The average Bonchev–Trinajstić information content (AvgIpc) is 3.12. The molecule has 2 rings (SSSR count). The predicted octanol–water partition coefficient (Wildman–Crippen LogP) is 2.17. The summed E-state index contributed by atoms with van der Waals surface area (Å²) in [5.41, 5.74) is -0.0608. The fourth-order valence-electron chi connectivity index (χ4n) is 2.23. The molecule has 6 heteroatoms. The van der Waals surface area contributed by atoms with Gasteiger partial charge in [-0.15, -0.1) is 5.10 Å². The van der Waals surface area contributed by atoms with Crippen LogP contribution in [0.15, 0.2) is 9.95 Å². The summed E-state index contributed by atoms with van der Waals surface area (Å²) in [6.45, 7) is 7.65. The summed E-state index contributed by atoms with van der Waals surface area (Å²) in [6.07, 6.45) is 4.45. The molecule has 2 N–H and O–H groups in total. The Bertz CT molecular complexity index is 452. The van der Waals surface area contributed by atoms with Gasteiger partial charge in [-0.1, -0.05) is 25.6 Å². The van der Waals surface area contributed by atoms with Crippen molar-refractivity contribution in [2.24, 2.45) is 0 Å². The molecule has 2 atom stereocenters. The number of nitrogens with zero attached hydrogens (tertiary/aromatic N) is 2. The Morgan fingerprint density at radius 3 is 2.89 bits per heavy atom. The van der Waals surface area contributed by atoms with E-state index in [0.717, 1.165) is 37.4 Å². The first-order valence-electron chi connectivity index (χ1n) is 7.18. The summed E-state index contributed by atoms with van der Waals surface area (Å²) in [7, 11) is 0. The molecule has 1 aliphatic rings. The first-order chi connectivity index (χ1) is 9.11. The van der Waals surface area contributed by atoms with E-state index in [1.165, 1.54) is 0 Å². The van der Waals surface area contributed by atoms with Crippen LogP contribution in [0.2, 0.25) is 0 Å². The summed E-state index contributed by atoms with van der Waals surface area (Å²) < 4.78 is 1.82. The minimum Gasteiger partial charge on any atom is -0.314 e. The summed E-state index contributed by atoms with van der Waals surface area (Å²) in [6, 6.07) is 0.888. The van der Waals surface area contributed by atoms with E-state index >= 15 is 0 Å². The van der Waals surface area contributed by atoms with Crippen molar-refractivity contribution in [1.82, 2.24) is 20.1 Å². The highest BCUT2D eigenvalue weighted by Crippen LogP contribution is 2.37. The minimum atomic E-state index is -0.0608. The van der Waals surface area contributed by atoms with Crippen molar-refractivity contribution in [3.05, 3.63) is 10.5 Å². The third kappa shape index (κ3) is 4.11. The number of aromatic nitrogens is 3. The summed E-state index contributed by atoms with van der Waals surface area (Å²) in [4.78, 5) is 11.7. The molecule has 0 aromatic carbocycles. The SMILES string of the molecule is CCCNC(C)CC(C)Sc1n[nH]c(=O)n1C1CC1.